The summed E-state index contributed by atoms with van der Waals surface area (Å²) in [6, 6.07) is 0.370. The van der Waals surface area contributed by atoms with Gasteiger partial charge in [-0.25, -0.2) is 9.97 Å². The first-order valence-electron chi connectivity index (χ1n) is 4.08. The van der Waals surface area contributed by atoms with E-state index in [1.165, 1.54) is 0 Å². The summed E-state index contributed by atoms with van der Waals surface area (Å²) in [5.74, 6) is 0. The molecule has 0 amide bonds. The third-order valence-electron chi connectivity index (χ3n) is 1.49. The summed E-state index contributed by atoms with van der Waals surface area (Å²) < 4.78 is 5.32. The van der Waals surface area contributed by atoms with Crippen molar-refractivity contribution in [3.05, 3.63) is 12.5 Å². The lowest BCUT2D eigenvalue weighted by Crippen LogP contribution is -2.08. The lowest BCUT2D eigenvalue weighted by Gasteiger charge is -2.05. The summed E-state index contributed by atoms with van der Waals surface area (Å²) in [6.45, 7) is 3.86. The lowest BCUT2D eigenvalue weighted by atomic mass is 10.5. The quantitative estimate of drug-likeness (QED) is 0.749. The predicted octanol–water partition coefficient (Wildman–Crippen LogP) is 1.14. The van der Waals surface area contributed by atoms with Gasteiger partial charge in [0.15, 0.2) is 5.65 Å². The Hall–Kier alpha value is -1.65. The second-order valence-corrected chi connectivity index (χ2v) is 2.96. The summed E-state index contributed by atoms with van der Waals surface area (Å²) in [5.41, 5.74) is 1.45. The highest BCUT2D eigenvalue weighted by atomic mass is 16.5. The Morgan fingerprint density at radius 1 is 1.38 bits per heavy atom. The van der Waals surface area contributed by atoms with Crippen LogP contribution in [0.5, 0.6) is 6.01 Å². The molecule has 0 radical (unpaired) electrons. The molecule has 0 spiro atoms. The fourth-order valence-electron chi connectivity index (χ4n) is 0.988. The SMILES string of the molecule is CC(C)Oc1ncc2[nH]cnc2n1. The van der Waals surface area contributed by atoms with Gasteiger partial charge in [-0.15, -0.1) is 0 Å². The van der Waals surface area contributed by atoms with Crippen LogP contribution in [-0.4, -0.2) is 26.0 Å². The standard InChI is InChI=1S/C8H10N4O/c1-5(2)13-8-9-3-6-7(12-8)11-4-10-6/h3-5H,1-2H3,(H,9,10,11,12). The molecule has 0 aliphatic rings. The maximum Gasteiger partial charge on any atom is 0.318 e. The molecule has 2 rings (SSSR count). The number of nitrogens with one attached hydrogen (secondary N) is 1. The van der Waals surface area contributed by atoms with Gasteiger partial charge in [0.05, 0.1) is 18.6 Å². The number of aromatic nitrogens is 4. The van der Waals surface area contributed by atoms with Gasteiger partial charge in [-0.05, 0) is 13.8 Å². The maximum atomic E-state index is 5.32. The topological polar surface area (TPSA) is 63.7 Å². The van der Waals surface area contributed by atoms with E-state index in [4.69, 9.17) is 4.74 Å². The van der Waals surface area contributed by atoms with Gasteiger partial charge >= 0.3 is 6.01 Å². The largest absolute Gasteiger partial charge is 0.461 e. The molecule has 2 heterocycles. The molecule has 0 saturated heterocycles. The van der Waals surface area contributed by atoms with Gasteiger partial charge in [-0.3, -0.25) is 0 Å². The van der Waals surface area contributed by atoms with Crippen molar-refractivity contribution in [1.29, 1.82) is 0 Å². The van der Waals surface area contributed by atoms with E-state index in [9.17, 15) is 0 Å². The molecule has 0 aliphatic carbocycles. The minimum atomic E-state index is 0.0800. The summed E-state index contributed by atoms with van der Waals surface area (Å²) in [7, 11) is 0. The van der Waals surface area contributed by atoms with Crippen LogP contribution in [0, 0.1) is 0 Å². The zero-order chi connectivity index (χ0) is 9.26. The average Bonchev–Trinajstić information content (AvgIpc) is 2.49. The first kappa shape index (κ1) is 7.97. The Morgan fingerprint density at radius 3 is 3.00 bits per heavy atom. The van der Waals surface area contributed by atoms with Crippen molar-refractivity contribution >= 4 is 11.2 Å². The maximum absolute atomic E-state index is 5.32. The minimum absolute atomic E-state index is 0.0800. The number of hydrogen-bond acceptors (Lipinski definition) is 4. The summed E-state index contributed by atoms with van der Waals surface area (Å²) in [4.78, 5) is 15.0. The van der Waals surface area contributed by atoms with E-state index in [1.807, 2.05) is 13.8 Å². The molecule has 5 heteroatoms. The number of imidazole rings is 1. The fourth-order valence-corrected chi connectivity index (χ4v) is 0.988. The van der Waals surface area contributed by atoms with E-state index in [0.717, 1.165) is 5.52 Å². The lowest BCUT2D eigenvalue weighted by molar-refractivity contribution is 0.223. The molecular formula is C8H10N4O. The summed E-state index contributed by atoms with van der Waals surface area (Å²) in [6.07, 6.45) is 3.32. The van der Waals surface area contributed by atoms with Crippen molar-refractivity contribution in [3.63, 3.8) is 0 Å². The highest BCUT2D eigenvalue weighted by molar-refractivity contribution is 5.68. The van der Waals surface area contributed by atoms with Crippen LogP contribution in [0.25, 0.3) is 11.2 Å². The van der Waals surface area contributed by atoms with Crippen LogP contribution in [-0.2, 0) is 0 Å². The van der Waals surface area contributed by atoms with Crippen molar-refractivity contribution in [2.24, 2.45) is 0 Å². The van der Waals surface area contributed by atoms with Crippen LogP contribution in [0.15, 0.2) is 12.5 Å². The third kappa shape index (κ3) is 1.58. The van der Waals surface area contributed by atoms with Gasteiger partial charge in [-0.2, -0.15) is 4.98 Å². The molecule has 68 valence electrons. The molecule has 0 atom stereocenters. The number of aromatic amines is 1. The van der Waals surface area contributed by atoms with Gasteiger partial charge in [0.25, 0.3) is 0 Å². The number of fused-ring (bicyclic) bond motifs is 1. The van der Waals surface area contributed by atoms with Crippen LogP contribution in [0.2, 0.25) is 0 Å². The van der Waals surface area contributed by atoms with E-state index in [1.54, 1.807) is 12.5 Å². The van der Waals surface area contributed by atoms with Crippen molar-refractivity contribution in [2.75, 3.05) is 0 Å². The molecule has 0 aliphatic heterocycles. The van der Waals surface area contributed by atoms with Crippen LogP contribution < -0.4 is 4.74 Å². The smallest absolute Gasteiger partial charge is 0.318 e. The third-order valence-corrected chi connectivity index (χ3v) is 1.49. The minimum Gasteiger partial charge on any atom is -0.461 e. The number of rotatable bonds is 2. The molecular weight excluding hydrogens is 168 g/mol. The van der Waals surface area contributed by atoms with Crippen LogP contribution in [0.4, 0.5) is 0 Å². The highest BCUT2D eigenvalue weighted by Gasteiger charge is 2.03. The second kappa shape index (κ2) is 3.01. The first-order valence-corrected chi connectivity index (χ1v) is 4.08. The molecule has 13 heavy (non-hydrogen) atoms. The first-order chi connectivity index (χ1) is 6.25. The zero-order valence-electron chi connectivity index (χ0n) is 7.48. The van der Waals surface area contributed by atoms with Crippen LogP contribution >= 0.6 is 0 Å². The van der Waals surface area contributed by atoms with Crippen LogP contribution in [0.1, 0.15) is 13.8 Å². The van der Waals surface area contributed by atoms with Crippen molar-refractivity contribution in [3.8, 4) is 6.01 Å². The normalized spacial score (nSPS) is 11.0. The van der Waals surface area contributed by atoms with Crippen molar-refractivity contribution in [2.45, 2.75) is 20.0 Å². The van der Waals surface area contributed by atoms with Gasteiger partial charge < -0.3 is 9.72 Å². The Balaban J connectivity index is 2.37. The fraction of sp³-hybridized carbons (Fsp3) is 0.375. The number of nitrogens with zero attached hydrogens (tertiary/aromatic N) is 3. The Morgan fingerprint density at radius 2 is 2.23 bits per heavy atom. The Labute approximate surface area is 75.2 Å². The van der Waals surface area contributed by atoms with Gasteiger partial charge in [0.2, 0.25) is 0 Å². The highest BCUT2D eigenvalue weighted by Crippen LogP contribution is 2.09. The number of hydrogen-bond donors (Lipinski definition) is 1. The van der Waals surface area contributed by atoms with E-state index >= 15 is 0 Å². The van der Waals surface area contributed by atoms with Gasteiger partial charge in [-0.1, -0.05) is 0 Å². The summed E-state index contributed by atoms with van der Waals surface area (Å²) in [5, 5.41) is 0. The molecule has 0 unspecified atom stereocenters. The van der Waals surface area contributed by atoms with E-state index < -0.39 is 0 Å². The molecule has 2 aromatic rings. The van der Waals surface area contributed by atoms with Crippen molar-refractivity contribution in [1.82, 2.24) is 19.9 Å². The molecule has 0 fully saturated rings. The monoisotopic (exact) mass is 178 g/mol. The molecule has 0 bridgehead atoms. The van der Waals surface area contributed by atoms with Crippen LogP contribution in [0.3, 0.4) is 0 Å². The molecule has 0 saturated carbocycles. The zero-order valence-corrected chi connectivity index (χ0v) is 7.48. The van der Waals surface area contributed by atoms with Gasteiger partial charge in [0.1, 0.15) is 5.52 Å². The van der Waals surface area contributed by atoms with E-state index in [-0.39, 0.29) is 6.10 Å². The van der Waals surface area contributed by atoms with E-state index in [2.05, 4.69) is 19.9 Å². The van der Waals surface area contributed by atoms with E-state index in [0.29, 0.717) is 11.7 Å². The molecule has 0 aromatic carbocycles. The number of H-pyrrole nitrogens is 1. The predicted molar refractivity (Wildman–Crippen MR) is 47.4 cm³/mol. The summed E-state index contributed by atoms with van der Waals surface area (Å²) >= 11 is 0. The Bertz CT molecular complexity index is 409. The average molecular weight is 178 g/mol. The Kier molecular flexibility index (Phi) is 1.84. The van der Waals surface area contributed by atoms with Gasteiger partial charge in [0, 0.05) is 0 Å². The van der Waals surface area contributed by atoms with Crippen molar-refractivity contribution < 1.29 is 4.74 Å². The second-order valence-electron chi connectivity index (χ2n) is 2.96. The molecule has 1 N–H and O–H groups in total. The molecule has 2 aromatic heterocycles. The molecule has 5 nitrogen and oxygen atoms in total. The number of ether oxygens (including phenoxy) is 1.